The van der Waals surface area contributed by atoms with Crippen LogP contribution in [0.15, 0.2) is 29.4 Å². The summed E-state index contributed by atoms with van der Waals surface area (Å²) in [5.74, 6) is 0.508. The Labute approximate surface area is 119 Å². The number of nitrogens with zero attached hydrogens (tertiary/aromatic N) is 1. The van der Waals surface area contributed by atoms with Crippen molar-refractivity contribution in [1.82, 2.24) is 4.98 Å². The summed E-state index contributed by atoms with van der Waals surface area (Å²) in [6.45, 7) is 2.40. The van der Waals surface area contributed by atoms with E-state index in [1.807, 2.05) is 25.1 Å². The van der Waals surface area contributed by atoms with Gasteiger partial charge in [0, 0.05) is 6.20 Å². The maximum absolute atomic E-state index is 10.7. The lowest BCUT2D eigenvalue weighted by Crippen LogP contribution is -2.32. The van der Waals surface area contributed by atoms with Gasteiger partial charge in [-0.15, -0.1) is 0 Å². The summed E-state index contributed by atoms with van der Waals surface area (Å²) < 4.78 is 5.63. The van der Waals surface area contributed by atoms with Crippen LogP contribution in [0.4, 0.5) is 0 Å². The number of rotatable bonds is 4. The molecule has 1 aromatic rings. The first-order valence-corrected chi connectivity index (χ1v) is 7.22. The number of halogens is 1. The minimum absolute atomic E-state index is 0.396. The average molecular weight is 282 g/mol. The van der Waals surface area contributed by atoms with Crippen LogP contribution in [0.1, 0.15) is 44.7 Å². The van der Waals surface area contributed by atoms with E-state index in [1.165, 1.54) is 0 Å². The Bertz CT molecular complexity index is 439. The minimum Gasteiger partial charge on any atom is -0.490 e. The van der Waals surface area contributed by atoms with Crippen molar-refractivity contribution in [2.75, 3.05) is 6.61 Å². The lowest BCUT2D eigenvalue weighted by atomic mass is 9.84. The minimum atomic E-state index is -0.957. The predicted molar refractivity (Wildman–Crippen MR) is 76.7 cm³/mol. The zero-order chi connectivity index (χ0) is 13.7. The molecule has 0 atom stereocenters. The Morgan fingerprint density at radius 3 is 2.68 bits per heavy atom. The van der Waals surface area contributed by atoms with E-state index in [9.17, 15) is 5.11 Å². The number of hydrogen-bond donors (Lipinski definition) is 1. The molecule has 4 heteroatoms. The Morgan fingerprint density at radius 1 is 1.37 bits per heavy atom. The van der Waals surface area contributed by atoms with Crippen LogP contribution in [0.5, 0.6) is 0 Å². The smallest absolute Gasteiger partial charge is 0.162 e. The zero-order valence-electron chi connectivity index (χ0n) is 11.2. The van der Waals surface area contributed by atoms with Crippen molar-refractivity contribution in [3.63, 3.8) is 0 Å². The number of ether oxygens (including phenoxy) is 1. The highest BCUT2D eigenvalue weighted by atomic mass is 35.5. The highest BCUT2D eigenvalue weighted by Crippen LogP contribution is 2.39. The normalized spacial score (nSPS) is 19.7. The van der Waals surface area contributed by atoms with E-state index in [-0.39, 0.29) is 0 Å². The van der Waals surface area contributed by atoms with Crippen LogP contribution in [-0.4, -0.2) is 22.3 Å². The Hall–Kier alpha value is -1.06. The van der Waals surface area contributed by atoms with Gasteiger partial charge in [-0.05, 0) is 31.9 Å². The number of hydrogen-bond acceptors (Lipinski definition) is 3. The first kappa shape index (κ1) is 14.4. The van der Waals surface area contributed by atoms with Gasteiger partial charge in [0.2, 0.25) is 0 Å². The fourth-order valence-corrected chi connectivity index (χ4v) is 2.80. The predicted octanol–water partition coefficient (Wildman–Crippen LogP) is 3.72. The average Bonchev–Trinajstić information content (AvgIpc) is 2.46. The quantitative estimate of drug-likeness (QED) is 0.855. The SMILES string of the molecule is CCO/C(=C(/Cl)C1(O)CCCCC1)c1ccccn1. The zero-order valence-corrected chi connectivity index (χ0v) is 12.0. The third-order valence-corrected chi connectivity index (χ3v) is 4.00. The van der Waals surface area contributed by atoms with Crippen LogP contribution in [-0.2, 0) is 4.74 Å². The number of pyridine rings is 1. The second-order valence-corrected chi connectivity index (χ2v) is 5.26. The van der Waals surface area contributed by atoms with Crippen molar-refractivity contribution >= 4 is 17.4 Å². The summed E-state index contributed by atoms with van der Waals surface area (Å²) in [5, 5.41) is 11.1. The van der Waals surface area contributed by atoms with Gasteiger partial charge in [0.15, 0.2) is 5.76 Å². The Kier molecular flexibility index (Phi) is 4.83. The van der Waals surface area contributed by atoms with Crippen molar-refractivity contribution in [2.45, 2.75) is 44.6 Å². The summed E-state index contributed by atoms with van der Waals surface area (Å²) in [6, 6.07) is 5.58. The summed E-state index contributed by atoms with van der Waals surface area (Å²) >= 11 is 6.44. The van der Waals surface area contributed by atoms with Crippen molar-refractivity contribution in [1.29, 1.82) is 0 Å². The number of aromatic nitrogens is 1. The molecule has 0 unspecified atom stereocenters. The second kappa shape index (κ2) is 6.40. The maximum Gasteiger partial charge on any atom is 0.162 e. The van der Waals surface area contributed by atoms with Gasteiger partial charge in [0.1, 0.15) is 11.3 Å². The van der Waals surface area contributed by atoms with E-state index in [2.05, 4.69) is 4.98 Å². The molecule has 0 aromatic carbocycles. The molecular formula is C15H20ClNO2. The molecule has 0 bridgehead atoms. The molecule has 3 nitrogen and oxygen atoms in total. The van der Waals surface area contributed by atoms with Crippen LogP contribution in [0, 0.1) is 0 Å². The fourth-order valence-electron chi connectivity index (χ4n) is 2.46. The summed E-state index contributed by atoms with van der Waals surface area (Å²) in [5.41, 5.74) is -0.282. The van der Waals surface area contributed by atoms with E-state index in [1.54, 1.807) is 6.20 Å². The third-order valence-electron chi connectivity index (χ3n) is 3.47. The van der Waals surface area contributed by atoms with Crippen molar-refractivity contribution in [3.8, 4) is 0 Å². The molecule has 0 spiro atoms. The van der Waals surface area contributed by atoms with Gasteiger partial charge in [-0.3, -0.25) is 4.98 Å². The van der Waals surface area contributed by atoms with Crippen LogP contribution >= 0.6 is 11.6 Å². The molecule has 1 aliphatic carbocycles. The van der Waals surface area contributed by atoms with Gasteiger partial charge in [-0.1, -0.05) is 36.9 Å². The van der Waals surface area contributed by atoms with Gasteiger partial charge in [-0.2, -0.15) is 0 Å². The molecule has 1 saturated carbocycles. The Morgan fingerprint density at radius 2 is 2.11 bits per heavy atom. The standard InChI is InChI=1S/C15H20ClNO2/c1-2-19-13(12-8-4-7-11-17-12)14(16)15(18)9-5-3-6-10-15/h4,7-8,11,18H,2-3,5-6,9-10H2,1H3/b14-13+. The molecule has 1 aromatic heterocycles. The van der Waals surface area contributed by atoms with Crippen LogP contribution in [0.25, 0.3) is 5.76 Å². The molecule has 19 heavy (non-hydrogen) atoms. The van der Waals surface area contributed by atoms with Crippen LogP contribution in [0.2, 0.25) is 0 Å². The van der Waals surface area contributed by atoms with Gasteiger partial charge in [0.05, 0.1) is 11.6 Å². The van der Waals surface area contributed by atoms with E-state index >= 15 is 0 Å². The molecule has 0 amide bonds. The number of aliphatic hydroxyl groups is 1. The van der Waals surface area contributed by atoms with E-state index in [0.717, 1.165) is 19.3 Å². The molecule has 1 N–H and O–H groups in total. The molecule has 1 fully saturated rings. The molecular weight excluding hydrogens is 262 g/mol. The lowest BCUT2D eigenvalue weighted by molar-refractivity contribution is 0.0450. The molecule has 1 heterocycles. The van der Waals surface area contributed by atoms with Crippen molar-refractivity contribution in [2.24, 2.45) is 0 Å². The van der Waals surface area contributed by atoms with Crippen LogP contribution < -0.4 is 0 Å². The first-order chi connectivity index (χ1) is 9.17. The van der Waals surface area contributed by atoms with Gasteiger partial charge in [-0.25, -0.2) is 0 Å². The van der Waals surface area contributed by atoms with E-state index in [0.29, 0.717) is 35.9 Å². The molecule has 1 aliphatic rings. The van der Waals surface area contributed by atoms with Gasteiger partial charge >= 0.3 is 0 Å². The highest BCUT2D eigenvalue weighted by molar-refractivity contribution is 6.33. The molecule has 0 aliphatic heterocycles. The lowest BCUT2D eigenvalue weighted by Gasteiger charge is -2.32. The summed E-state index contributed by atoms with van der Waals surface area (Å²) in [7, 11) is 0. The second-order valence-electron chi connectivity index (χ2n) is 4.88. The van der Waals surface area contributed by atoms with Crippen molar-refractivity contribution in [3.05, 3.63) is 35.1 Å². The topological polar surface area (TPSA) is 42.4 Å². The largest absolute Gasteiger partial charge is 0.490 e. The molecule has 2 rings (SSSR count). The highest BCUT2D eigenvalue weighted by Gasteiger charge is 2.35. The fraction of sp³-hybridized carbons (Fsp3) is 0.533. The van der Waals surface area contributed by atoms with E-state index in [4.69, 9.17) is 16.3 Å². The van der Waals surface area contributed by atoms with Gasteiger partial charge in [0.25, 0.3) is 0 Å². The molecule has 0 saturated heterocycles. The van der Waals surface area contributed by atoms with E-state index < -0.39 is 5.60 Å². The maximum atomic E-state index is 10.7. The summed E-state index contributed by atoms with van der Waals surface area (Å²) in [6.07, 6.45) is 6.22. The third kappa shape index (κ3) is 3.28. The monoisotopic (exact) mass is 281 g/mol. The van der Waals surface area contributed by atoms with Gasteiger partial charge < -0.3 is 9.84 Å². The molecule has 0 radical (unpaired) electrons. The van der Waals surface area contributed by atoms with Crippen LogP contribution in [0.3, 0.4) is 0 Å². The molecule has 104 valence electrons. The van der Waals surface area contributed by atoms with Crippen molar-refractivity contribution < 1.29 is 9.84 Å². The summed E-state index contributed by atoms with van der Waals surface area (Å²) in [4.78, 5) is 4.27. The first-order valence-electron chi connectivity index (χ1n) is 6.84. The Balaban J connectivity index is 2.37.